The average molecular weight is 586 g/mol. The fourth-order valence-corrected chi connectivity index (χ4v) is 5.54. The third kappa shape index (κ3) is 5.93. The molecule has 2 aromatic heterocycles. The number of hydrogen-bond donors (Lipinski definition) is 4. The molecule has 41 heavy (non-hydrogen) atoms. The molecule has 10 nitrogen and oxygen atoms in total. The summed E-state index contributed by atoms with van der Waals surface area (Å²) in [6.45, 7) is 5.07. The van der Waals surface area contributed by atoms with Gasteiger partial charge in [0.25, 0.3) is 11.9 Å². The van der Waals surface area contributed by atoms with Crippen LogP contribution in [0.2, 0.25) is 0 Å². The first-order valence-corrected chi connectivity index (χ1v) is 13.4. The Kier molecular flexibility index (Phi) is 7.78. The smallest absolute Gasteiger partial charge is 0.405 e. The van der Waals surface area contributed by atoms with Crippen LogP contribution < -0.4 is 15.5 Å². The zero-order chi connectivity index (χ0) is 29.3. The lowest BCUT2D eigenvalue weighted by molar-refractivity contribution is -0.137. The maximum absolute atomic E-state index is 13.4. The number of aryl methyl sites for hydroxylation is 1. The first kappa shape index (κ1) is 28.2. The molecule has 0 spiro atoms. The SMILES string of the molecule is Cc1sc2c(c1C)C(c1ccccc1)=N[C@H](NC(=N)OC(=N)c1ncc(C(F)(F)F)cc1N1CCOCC1)C(=O)N2. The van der Waals surface area contributed by atoms with Gasteiger partial charge in [0.2, 0.25) is 12.1 Å². The van der Waals surface area contributed by atoms with Gasteiger partial charge in [-0.2, -0.15) is 13.2 Å². The van der Waals surface area contributed by atoms with Gasteiger partial charge < -0.3 is 25.0 Å². The summed E-state index contributed by atoms with van der Waals surface area (Å²) in [5.74, 6) is -1.20. The molecule has 4 heterocycles. The maximum atomic E-state index is 13.4. The second kappa shape index (κ2) is 11.3. The average Bonchev–Trinajstić information content (AvgIpc) is 3.14. The van der Waals surface area contributed by atoms with E-state index in [2.05, 4.69) is 20.6 Å². The Labute approximate surface area is 237 Å². The van der Waals surface area contributed by atoms with Crippen molar-refractivity contribution in [1.29, 1.82) is 10.8 Å². The van der Waals surface area contributed by atoms with Crippen molar-refractivity contribution in [3.8, 4) is 0 Å². The number of benzene rings is 1. The maximum Gasteiger partial charge on any atom is 0.417 e. The highest BCUT2D eigenvalue weighted by molar-refractivity contribution is 7.17. The highest BCUT2D eigenvalue weighted by Crippen LogP contribution is 2.36. The molecule has 2 aliphatic rings. The number of aliphatic imine (C=N–C) groups is 1. The van der Waals surface area contributed by atoms with Crippen molar-refractivity contribution in [3.63, 3.8) is 0 Å². The zero-order valence-corrected chi connectivity index (χ0v) is 22.9. The molecule has 14 heteroatoms. The molecule has 0 unspecified atom stereocenters. The van der Waals surface area contributed by atoms with Gasteiger partial charge in [0.15, 0.2) is 0 Å². The van der Waals surface area contributed by atoms with Crippen molar-refractivity contribution in [1.82, 2.24) is 10.3 Å². The monoisotopic (exact) mass is 585 g/mol. The summed E-state index contributed by atoms with van der Waals surface area (Å²) in [7, 11) is 0. The lowest BCUT2D eigenvalue weighted by atomic mass is 10.00. The van der Waals surface area contributed by atoms with Crippen LogP contribution in [0.15, 0.2) is 47.6 Å². The molecule has 1 saturated heterocycles. The molecular weight excluding hydrogens is 559 g/mol. The number of fused-ring (bicyclic) bond motifs is 1. The Morgan fingerprint density at radius 2 is 1.90 bits per heavy atom. The molecular formula is C27H26F3N7O3S. The fourth-order valence-electron chi connectivity index (χ4n) is 4.48. The summed E-state index contributed by atoms with van der Waals surface area (Å²) in [5.41, 5.74) is 1.93. The first-order valence-electron chi connectivity index (χ1n) is 12.6. The molecule has 0 bridgehead atoms. The van der Waals surface area contributed by atoms with Crippen LogP contribution in [0.25, 0.3) is 0 Å². The third-order valence-electron chi connectivity index (χ3n) is 6.65. The summed E-state index contributed by atoms with van der Waals surface area (Å²) in [5, 5.41) is 22.8. The Morgan fingerprint density at radius 1 is 1.20 bits per heavy atom. The standard InChI is InChI=1S/C27H26F3N7O3S/c1-14-15(2)41-25-19(14)20(16-6-4-3-5-7-16)34-23(24(38)36-25)35-26(32)40-22(31)21-18(37-8-10-39-11-9-37)12-17(13-33-21)27(28,29)30/h3-7,12-13,23,31H,8-11H2,1-2H3,(H2,32,35)(H,36,38)/t23-/m1/s1. The number of halogens is 3. The number of pyridine rings is 1. The molecule has 214 valence electrons. The van der Waals surface area contributed by atoms with Crippen LogP contribution in [-0.2, 0) is 20.4 Å². The largest absolute Gasteiger partial charge is 0.417 e. The van der Waals surface area contributed by atoms with E-state index < -0.39 is 35.7 Å². The number of rotatable bonds is 4. The van der Waals surface area contributed by atoms with Gasteiger partial charge in [0.05, 0.1) is 30.2 Å². The quantitative estimate of drug-likeness (QED) is 0.266. The Hall–Kier alpha value is -4.30. The number of ether oxygens (including phenoxy) is 2. The number of amides is 1. The lowest BCUT2D eigenvalue weighted by Gasteiger charge is -2.30. The van der Waals surface area contributed by atoms with Gasteiger partial charge in [-0.15, -0.1) is 11.3 Å². The molecule has 2 aliphatic heterocycles. The van der Waals surface area contributed by atoms with E-state index in [1.165, 1.54) is 11.3 Å². The Morgan fingerprint density at radius 3 is 2.59 bits per heavy atom. The summed E-state index contributed by atoms with van der Waals surface area (Å²) in [6.07, 6.45) is -5.31. The van der Waals surface area contributed by atoms with Crippen LogP contribution in [0.4, 0.5) is 23.9 Å². The van der Waals surface area contributed by atoms with E-state index in [4.69, 9.17) is 20.3 Å². The van der Waals surface area contributed by atoms with Crippen LogP contribution in [0.1, 0.15) is 32.8 Å². The number of hydrogen-bond acceptors (Lipinski definition) is 9. The van der Waals surface area contributed by atoms with Gasteiger partial charge >= 0.3 is 6.18 Å². The number of aromatic nitrogens is 1. The molecule has 1 fully saturated rings. The summed E-state index contributed by atoms with van der Waals surface area (Å²) >= 11 is 1.42. The highest BCUT2D eigenvalue weighted by Gasteiger charge is 2.34. The number of nitrogens with zero attached hydrogens (tertiary/aromatic N) is 3. The van der Waals surface area contributed by atoms with Crippen LogP contribution in [-0.4, -0.2) is 61.0 Å². The normalized spacial score (nSPS) is 17.2. The number of carbonyl (C=O) groups is 1. The van der Waals surface area contributed by atoms with Crippen LogP contribution in [0.3, 0.4) is 0 Å². The molecule has 0 radical (unpaired) electrons. The summed E-state index contributed by atoms with van der Waals surface area (Å²) in [4.78, 5) is 24.3. The van der Waals surface area contributed by atoms with Crippen LogP contribution in [0.5, 0.6) is 0 Å². The Balaban J connectivity index is 1.41. The van der Waals surface area contributed by atoms with E-state index in [-0.39, 0.29) is 11.4 Å². The number of alkyl halides is 3. The zero-order valence-electron chi connectivity index (χ0n) is 22.1. The fraction of sp³-hybridized carbons (Fsp3) is 0.296. The van der Waals surface area contributed by atoms with Crippen LogP contribution in [0, 0.1) is 24.7 Å². The second-order valence-corrected chi connectivity index (χ2v) is 10.5. The van der Waals surface area contributed by atoms with Crippen molar-refractivity contribution in [3.05, 3.63) is 75.4 Å². The number of carbonyl (C=O) groups excluding carboxylic acids is 1. The Bertz CT molecular complexity index is 1530. The number of thiophene rings is 1. The molecule has 1 aromatic carbocycles. The van der Waals surface area contributed by atoms with Gasteiger partial charge in [-0.25, -0.2) is 9.98 Å². The lowest BCUT2D eigenvalue weighted by Crippen LogP contribution is -2.43. The minimum absolute atomic E-state index is 0.0350. The van der Waals surface area contributed by atoms with E-state index >= 15 is 0 Å². The summed E-state index contributed by atoms with van der Waals surface area (Å²) in [6, 6.07) is 9.50. The topological polar surface area (TPSA) is 136 Å². The van der Waals surface area contributed by atoms with Gasteiger partial charge in [-0.1, -0.05) is 30.3 Å². The van der Waals surface area contributed by atoms with Gasteiger partial charge in [0, 0.05) is 35.3 Å². The predicted molar refractivity (Wildman–Crippen MR) is 149 cm³/mol. The molecule has 1 atom stereocenters. The van der Waals surface area contributed by atoms with E-state index in [9.17, 15) is 18.0 Å². The van der Waals surface area contributed by atoms with Crippen molar-refractivity contribution in [2.24, 2.45) is 4.99 Å². The minimum atomic E-state index is -4.64. The summed E-state index contributed by atoms with van der Waals surface area (Å²) < 4.78 is 50.9. The number of morpholine rings is 1. The molecule has 0 aliphatic carbocycles. The molecule has 1 amide bonds. The molecule has 3 aromatic rings. The van der Waals surface area contributed by atoms with E-state index in [1.807, 2.05) is 44.2 Å². The highest BCUT2D eigenvalue weighted by atomic mass is 32.1. The van der Waals surface area contributed by atoms with Gasteiger partial charge in [0.1, 0.15) is 10.7 Å². The molecule has 0 saturated carbocycles. The van der Waals surface area contributed by atoms with Crippen molar-refractivity contribution < 1.29 is 27.4 Å². The second-order valence-electron chi connectivity index (χ2n) is 9.32. The first-order chi connectivity index (χ1) is 19.5. The third-order valence-corrected chi connectivity index (χ3v) is 7.77. The van der Waals surface area contributed by atoms with Crippen molar-refractivity contribution >= 4 is 45.6 Å². The molecule has 5 rings (SSSR count). The van der Waals surface area contributed by atoms with Crippen molar-refractivity contribution in [2.75, 3.05) is 36.5 Å². The van der Waals surface area contributed by atoms with Crippen LogP contribution >= 0.6 is 11.3 Å². The predicted octanol–water partition coefficient (Wildman–Crippen LogP) is 4.30. The number of amidine groups is 1. The van der Waals surface area contributed by atoms with E-state index in [0.29, 0.717) is 43.2 Å². The minimum Gasteiger partial charge on any atom is -0.405 e. The van der Waals surface area contributed by atoms with Gasteiger partial charge in [-0.3, -0.25) is 15.6 Å². The number of nitrogens with one attached hydrogen (secondary N) is 4. The van der Waals surface area contributed by atoms with Crippen molar-refractivity contribution in [2.45, 2.75) is 26.2 Å². The van der Waals surface area contributed by atoms with Gasteiger partial charge in [-0.05, 0) is 25.5 Å². The van der Waals surface area contributed by atoms with E-state index in [1.54, 1.807) is 4.90 Å². The van der Waals surface area contributed by atoms with E-state index in [0.717, 1.165) is 27.6 Å². The number of anilines is 2. The molecule has 4 N–H and O–H groups in total.